The fourth-order valence-electron chi connectivity index (χ4n) is 1.82. The van der Waals surface area contributed by atoms with Crippen molar-refractivity contribution in [1.29, 1.82) is 0 Å². The third-order valence-electron chi connectivity index (χ3n) is 2.95. The van der Waals surface area contributed by atoms with Crippen LogP contribution in [0, 0.1) is 0 Å². The first-order chi connectivity index (χ1) is 11.1. The number of ether oxygens (including phenoxy) is 1. The molecule has 0 aromatic heterocycles. The molecule has 1 amide bonds. The number of carbonyl (C=O) groups is 1. The zero-order valence-electron chi connectivity index (χ0n) is 12.6. The van der Waals surface area contributed by atoms with E-state index < -0.39 is 5.91 Å². The first kappa shape index (κ1) is 17.0. The molecule has 0 unspecified atom stereocenters. The van der Waals surface area contributed by atoms with E-state index in [1.165, 1.54) is 18.3 Å². The molecule has 0 saturated heterocycles. The molecule has 5 nitrogen and oxygen atoms in total. The highest BCUT2D eigenvalue weighted by molar-refractivity contribution is 9.10. The summed E-state index contributed by atoms with van der Waals surface area (Å²) < 4.78 is 6.39. The lowest BCUT2D eigenvalue weighted by atomic mass is 10.2. The Balaban J connectivity index is 1.99. The average molecular weight is 377 g/mol. The molecule has 120 valence electrons. The summed E-state index contributed by atoms with van der Waals surface area (Å²) in [5.74, 6) is 0.212. The van der Waals surface area contributed by atoms with Gasteiger partial charge in [-0.1, -0.05) is 19.1 Å². The van der Waals surface area contributed by atoms with Gasteiger partial charge >= 0.3 is 0 Å². The maximum absolute atomic E-state index is 11.9. The van der Waals surface area contributed by atoms with E-state index in [9.17, 15) is 9.90 Å². The lowest BCUT2D eigenvalue weighted by Crippen LogP contribution is -2.17. The van der Waals surface area contributed by atoms with Gasteiger partial charge in [0, 0.05) is 0 Å². The van der Waals surface area contributed by atoms with Gasteiger partial charge in [-0.2, -0.15) is 5.10 Å². The fraction of sp³-hybridized carbons (Fsp3) is 0.176. The molecule has 2 aromatic carbocycles. The Kier molecular flexibility index (Phi) is 6.17. The molecule has 23 heavy (non-hydrogen) atoms. The molecule has 2 aromatic rings. The van der Waals surface area contributed by atoms with Crippen LogP contribution in [0.15, 0.2) is 52.0 Å². The second-order valence-corrected chi connectivity index (χ2v) is 5.61. The molecular formula is C17H17BrN2O3. The Morgan fingerprint density at radius 2 is 2.13 bits per heavy atom. The van der Waals surface area contributed by atoms with Crippen LogP contribution in [0.4, 0.5) is 0 Å². The lowest BCUT2D eigenvalue weighted by Gasteiger charge is -2.07. The van der Waals surface area contributed by atoms with Crippen molar-refractivity contribution in [2.45, 2.75) is 13.3 Å². The maximum atomic E-state index is 11.9. The fourth-order valence-corrected chi connectivity index (χ4v) is 2.33. The van der Waals surface area contributed by atoms with Gasteiger partial charge < -0.3 is 9.84 Å². The smallest absolute Gasteiger partial charge is 0.275 e. The number of halogens is 1. The van der Waals surface area contributed by atoms with Gasteiger partial charge in [0.1, 0.15) is 11.5 Å². The summed E-state index contributed by atoms with van der Waals surface area (Å²) in [5, 5.41) is 13.5. The van der Waals surface area contributed by atoms with Crippen LogP contribution in [0.3, 0.4) is 0 Å². The number of carbonyl (C=O) groups excluding carboxylic acids is 1. The van der Waals surface area contributed by atoms with E-state index in [2.05, 4.69) is 26.5 Å². The number of hydrogen-bond acceptors (Lipinski definition) is 4. The number of aromatic hydroxyl groups is 1. The van der Waals surface area contributed by atoms with E-state index in [0.29, 0.717) is 6.61 Å². The molecule has 0 fully saturated rings. The van der Waals surface area contributed by atoms with Crippen molar-refractivity contribution in [2.24, 2.45) is 5.10 Å². The van der Waals surface area contributed by atoms with E-state index >= 15 is 0 Å². The number of hydrazone groups is 1. The Morgan fingerprint density at radius 1 is 1.35 bits per heavy atom. The minimum Gasteiger partial charge on any atom is -0.507 e. The van der Waals surface area contributed by atoms with Crippen molar-refractivity contribution in [2.75, 3.05) is 6.61 Å². The lowest BCUT2D eigenvalue weighted by molar-refractivity contribution is 0.0952. The van der Waals surface area contributed by atoms with Gasteiger partial charge in [0.2, 0.25) is 0 Å². The normalized spacial score (nSPS) is 10.7. The van der Waals surface area contributed by atoms with Gasteiger partial charge in [-0.05, 0) is 58.2 Å². The van der Waals surface area contributed by atoms with Crippen LogP contribution in [-0.2, 0) is 0 Å². The van der Waals surface area contributed by atoms with Gasteiger partial charge in [0.05, 0.1) is 22.9 Å². The van der Waals surface area contributed by atoms with Crippen LogP contribution >= 0.6 is 15.9 Å². The van der Waals surface area contributed by atoms with E-state index in [1.54, 1.807) is 12.1 Å². The standard InChI is InChI=1S/C17H17BrN2O3/c1-2-9-23-16-8-7-12(10-14(16)18)11-19-20-17(22)13-5-3-4-6-15(13)21/h3-8,10-11,21H,2,9H2,1H3,(H,20,22)/b19-11-. The SMILES string of the molecule is CCCOc1ccc(/C=N\NC(=O)c2ccccc2O)cc1Br. The Hall–Kier alpha value is -2.34. The van der Waals surface area contributed by atoms with Crippen LogP contribution in [-0.4, -0.2) is 23.8 Å². The van der Waals surface area contributed by atoms with Crippen molar-refractivity contribution in [3.05, 3.63) is 58.1 Å². The summed E-state index contributed by atoms with van der Waals surface area (Å²) in [6.45, 7) is 2.70. The van der Waals surface area contributed by atoms with Crippen LogP contribution in [0.5, 0.6) is 11.5 Å². The molecule has 0 saturated carbocycles. The summed E-state index contributed by atoms with van der Waals surface area (Å²) in [7, 11) is 0. The number of para-hydroxylation sites is 1. The molecule has 2 rings (SSSR count). The first-order valence-electron chi connectivity index (χ1n) is 7.15. The molecular weight excluding hydrogens is 360 g/mol. The Labute approximate surface area is 143 Å². The average Bonchev–Trinajstić information content (AvgIpc) is 2.54. The molecule has 0 atom stereocenters. The number of nitrogens with zero attached hydrogens (tertiary/aromatic N) is 1. The minimum atomic E-state index is -0.471. The number of hydrogen-bond donors (Lipinski definition) is 2. The second-order valence-electron chi connectivity index (χ2n) is 4.75. The van der Waals surface area contributed by atoms with Crippen molar-refractivity contribution in [3.8, 4) is 11.5 Å². The summed E-state index contributed by atoms with van der Waals surface area (Å²) in [4.78, 5) is 11.9. The monoisotopic (exact) mass is 376 g/mol. The second kappa shape index (κ2) is 8.33. The molecule has 0 heterocycles. The predicted molar refractivity (Wildman–Crippen MR) is 93.1 cm³/mol. The molecule has 0 spiro atoms. The number of benzene rings is 2. The highest BCUT2D eigenvalue weighted by Crippen LogP contribution is 2.25. The van der Waals surface area contributed by atoms with Gasteiger partial charge in [0.25, 0.3) is 5.91 Å². The van der Waals surface area contributed by atoms with Crippen molar-refractivity contribution in [3.63, 3.8) is 0 Å². The quantitative estimate of drug-likeness (QED) is 0.596. The van der Waals surface area contributed by atoms with Gasteiger partial charge in [0.15, 0.2) is 0 Å². The predicted octanol–water partition coefficient (Wildman–Crippen LogP) is 3.71. The number of phenolic OH excluding ortho intramolecular Hbond substituents is 1. The van der Waals surface area contributed by atoms with Crippen LogP contribution in [0.1, 0.15) is 29.3 Å². The summed E-state index contributed by atoms with van der Waals surface area (Å²) >= 11 is 3.44. The molecule has 6 heteroatoms. The van der Waals surface area contributed by atoms with Gasteiger partial charge in [-0.25, -0.2) is 5.43 Å². The number of amides is 1. The molecule has 0 radical (unpaired) electrons. The van der Waals surface area contributed by atoms with E-state index in [1.807, 2.05) is 25.1 Å². The summed E-state index contributed by atoms with van der Waals surface area (Å²) in [6.07, 6.45) is 2.46. The minimum absolute atomic E-state index is 0.0830. The van der Waals surface area contributed by atoms with Crippen molar-refractivity contribution < 1.29 is 14.6 Å². The third kappa shape index (κ3) is 4.82. The zero-order chi connectivity index (χ0) is 16.7. The third-order valence-corrected chi connectivity index (χ3v) is 3.57. The molecule has 0 bridgehead atoms. The highest BCUT2D eigenvalue weighted by Gasteiger charge is 2.08. The van der Waals surface area contributed by atoms with Crippen LogP contribution < -0.4 is 10.2 Å². The van der Waals surface area contributed by atoms with Crippen LogP contribution in [0.2, 0.25) is 0 Å². The topological polar surface area (TPSA) is 70.9 Å². The van der Waals surface area contributed by atoms with Crippen LogP contribution in [0.25, 0.3) is 0 Å². The Morgan fingerprint density at radius 3 is 2.83 bits per heavy atom. The maximum Gasteiger partial charge on any atom is 0.275 e. The summed E-state index contributed by atoms with van der Waals surface area (Å²) in [6, 6.07) is 11.8. The van der Waals surface area contributed by atoms with E-state index in [4.69, 9.17) is 4.74 Å². The number of phenols is 1. The van der Waals surface area contributed by atoms with E-state index in [0.717, 1.165) is 22.2 Å². The summed E-state index contributed by atoms with van der Waals surface area (Å²) in [5.41, 5.74) is 3.36. The Bertz CT molecular complexity index is 717. The number of nitrogens with one attached hydrogen (secondary N) is 1. The highest BCUT2D eigenvalue weighted by atomic mass is 79.9. The first-order valence-corrected chi connectivity index (χ1v) is 7.95. The number of rotatable bonds is 6. The molecule has 0 aliphatic heterocycles. The van der Waals surface area contributed by atoms with Crippen molar-refractivity contribution >= 4 is 28.1 Å². The van der Waals surface area contributed by atoms with Gasteiger partial charge in [-0.15, -0.1) is 0 Å². The van der Waals surface area contributed by atoms with E-state index in [-0.39, 0.29) is 11.3 Å². The molecule has 0 aliphatic carbocycles. The molecule has 2 N–H and O–H groups in total. The van der Waals surface area contributed by atoms with Gasteiger partial charge in [-0.3, -0.25) is 4.79 Å². The molecule has 0 aliphatic rings. The largest absolute Gasteiger partial charge is 0.507 e. The zero-order valence-corrected chi connectivity index (χ0v) is 14.2. The van der Waals surface area contributed by atoms with Crippen molar-refractivity contribution in [1.82, 2.24) is 5.43 Å².